The highest BCUT2D eigenvalue weighted by atomic mass is 16.4. The lowest BCUT2D eigenvalue weighted by Crippen LogP contribution is -2.13. The summed E-state index contributed by atoms with van der Waals surface area (Å²) in [5.74, 6) is -0.972. The second-order valence-electron chi connectivity index (χ2n) is 2.57. The molecule has 1 aromatic rings. The quantitative estimate of drug-likeness (QED) is 0.703. The Kier molecular flexibility index (Phi) is 2.64. The van der Waals surface area contributed by atoms with Crippen LogP contribution in [0.2, 0.25) is 0 Å². The van der Waals surface area contributed by atoms with Gasteiger partial charge in [0.15, 0.2) is 0 Å². The van der Waals surface area contributed by atoms with E-state index in [9.17, 15) is 9.59 Å². The molecule has 0 bridgehead atoms. The van der Waals surface area contributed by atoms with Crippen molar-refractivity contribution in [2.75, 3.05) is 11.9 Å². The van der Waals surface area contributed by atoms with Crippen molar-refractivity contribution in [2.24, 2.45) is 0 Å². The molecular formula is C9H9NO3. The van der Waals surface area contributed by atoms with Crippen molar-refractivity contribution >= 4 is 18.1 Å². The number of anilines is 1. The highest BCUT2D eigenvalue weighted by molar-refractivity contribution is 5.88. The number of hydrogen-bond acceptors (Lipinski definition) is 2. The zero-order valence-electron chi connectivity index (χ0n) is 7.10. The van der Waals surface area contributed by atoms with E-state index in [1.807, 2.05) is 0 Å². The van der Waals surface area contributed by atoms with E-state index in [2.05, 4.69) is 0 Å². The molecule has 0 saturated carbocycles. The van der Waals surface area contributed by atoms with Crippen molar-refractivity contribution < 1.29 is 14.7 Å². The highest BCUT2D eigenvalue weighted by Crippen LogP contribution is 2.11. The van der Waals surface area contributed by atoms with Crippen LogP contribution in [0.5, 0.6) is 0 Å². The van der Waals surface area contributed by atoms with Gasteiger partial charge in [-0.15, -0.1) is 0 Å². The Bertz CT molecular complexity index is 318. The SMILES string of the molecule is CN(C=O)c1ccc(C(=O)O)cc1. The number of carbonyl (C=O) groups excluding carboxylic acids is 1. The summed E-state index contributed by atoms with van der Waals surface area (Å²) in [7, 11) is 1.60. The zero-order valence-corrected chi connectivity index (χ0v) is 7.10. The van der Waals surface area contributed by atoms with Crippen LogP contribution in [0.1, 0.15) is 10.4 Å². The minimum atomic E-state index is -0.972. The van der Waals surface area contributed by atoms with Crippen molar-refractivity contribution in [3.63, 3.8) is 0 Å². The van der Waals surface area contributed by atoms with E-state index in [0.29, 0.717) is 12.1 Å². The van der Waals surface area contributed by atoms with Gasteiger partial charge in [0.25, 0.3) is 0 Å². The molecular weight excluding hydrogens is 170 g/mol. The number of carboxylic acids is 1. The third-order valence-corrected chi connectivity index (χ3v) is 1.68. The summed E-state index contributed by atoms with van der Waals surface area (Å²) in [6, 6.07) is 6.07. The maximum atomic E-state index is 10.5. The highest BCUT2D eigenvalue weighted by Gasteiger charge is 2.03. The van der Waals surface area contributed by atoms with Crippen molar-refractivity contribution in [3.05, 3.63) is 29.8 Å². The van der Waals surface area contributed by atoms with Crippen molar-refractivity contribution in [1.29, 1.82) is 0 Å². The number of benzene rings is 1. The maximum Gasteiger partial charge on any atom is 0.335 e. The van der Waals surface area contributed by atoms with Crippen LogP contribution in [-0.4, -0.2) is 24.5 Å². The average Bonchev–Trinajstić information content (AvgIpc) is 2.17. The summed E-state index contributed by atoms with van der Waals surface area (Å²) < 4.78 is 0. The van der Waals surface area contributed by atoms with Gasteiger partial charge < -0.3 is 10.0 Å². The molecule has 4 heteroatoms. The molecule has 0 fully saturated rings. The summed E-state index contributed by atoms with van der Waals surface area (Å²) >= 11 is 0. The number of amides is 1. The fraction of sp³-hybridized carbons (Fsp3) is 0.111. The number of nitrogens with zero attached hydrogens (tertiary/aromatic N) is 1. The largest absolute Gasteiger partial charge is 0.478 e. The van der Waals surface area contributed by atoms with Gasteiger partial charge in [-0.1, -0.05) is 0 Å². The van der Waals surface area contributed by atoms with Crippen LogP contribution in [0.3, 0.4) is 0 Å². The van der Waals surface area contributed by atoms with E-state index in [1.165, 1.54) is 17.0 Å². The second-order valence-corrected chi connectivity index (χ2v) is 2.57. The molecule has 1 amide bonds. The molecule has 0 radical (unpaired) electrons. The molecule has 13 heavy (non-hydrogen) atoms. The molecule has 0 spiro atoms. The van der Waals surface area contributed by atoms with E-state index in [1.54, 1.807) is 19.2 Å². The number of rotatable bonds is 3. The van der Waals surface area contributed by atoms with Crippen molar-refractivity contribution in [2.45, 2.75) is 0 Å². The first-order chi connectivity index (χ1) is 6.15. The smallest absolute Gasteiger partial charge is 0.335 e. The zero-order chi connectivity index (χ0) is 9.84. The number of carboxylic acid groups (broad SMARTS) is 1. The minimum absolute atomic E-state index is 0.211. The topological polar surface area (TPSA) is 57.6 Å². The molecule has 1 rings (SSSR count). The molecule has 68 valence electrons. The van der Waals surface area contributed by atoms with Crippen molar-refractivity contribution in [3.8, 4) is 0 Å². The first-order valence-electron chi connectivity index (χ1n) is 3.66. The van der Waals surface area contributed by atoms with Gasteiger partial charge in [-0.05, 0) is 24.3 Å². The Morgan fingerprint density at radius 2 is 1.92 bits per heavy atom. The van der Waals surface area contributed by atoms with Gasteiger partial charge in [-0.2, -0.15) is 0 Å². The lowest BCUT2D eigenvalue weighted by Gasteiger charge is -2.09. The summed E-state index contributed by atoms with van der Waals surface area (Å²) in [6.07, 6.45) is 0.662. The van der Waals surface area contributed by atoms with Crippen LogP contribution in [0.4, 0.5) is 5.69 Å². The van der Waals surface area contributed by atoms with Crippen LogP contribution < -0.4 is 4.90 Å². The standard InChI is InChI=1S/C9H9NO3/c1-10(6-11)8-4-2-7(3-5-8)9(12)13/h2-6H,1H3,(H,12,13). The molecule has 0 aliphatic rings. The van der Waals surface area contributed by atoms with Crippen LogP contribution in [-0.2, 0) is 4.79 Å². The average molecular weight is 179 g/mol. The number of hydrogen-bond donors (Lipinski definition) is 1. The number of aromatic carboxylic acids is 1. The first kappa shape index (κ1) is 9.25. The van der Waals surface area contributed by atoms with E-state index in [-0.39, 0.29) is 5.56 Å². The predicted octanol–water partition coefficient (Wildman–Crippen LogP) is 0.977. The van der Waals surface area contributed by atoms with Crippen LogP contribution in [0, 0.1) is 0 Å². The molecule has 0 heterocycles. The number of carbonyl (C=O) groups is 2. The van der Waals surface area contributed by atoms with Crippen molar-refractivity contribution in [1.82, 2.24) is 0 Å². The normalized spacial score (nSPS) is 9.31. The van der Waals surface area contributed by atoms with Crippen LogP contribution in [0.15, 0.2) is 24.3 Å². The monoisotopic (exact) mass is 179 g/mol. The molecule has 1 aromatic carbocycles. The maximum absolute atomic E-state index is 10.5. The summed E-state index contributed by atoms with van der Waals surface area (Å²) in [5, 5.41) is 8.59. The van der Waals surface area contributed by atoms with Gasteiger partial charge >= 0.3 is 5.97 Å². The van der Waals surface area contributed by atoms with Gasteiger partial charge in [0, 0.05) is 12.7 Å². The Balaban J connectivity index is 2.93. The molecule has 0 aliphatic heterocycles. The van der Waals surface area contributed by atoms with E-state index >= 15 is 0 Å². The van der Waals surface area contributed by atoms with E-state index in [0.717, 1.165) is 0 Å². The third-order valence-electron chi connectivity index (χ3n) is 1.68. The van der Waals surface area contributed by atoms with E-state index < -0.39 is 5.97 Å². The predicted molar refractivity (Wildman–Crippen MR) is 47.9 cm³/mol. The summed E-state index contributed by atoms with van der Waals surface area (Å²) in [4.78, 5) is 22.2. The Hall–Kier alpha value is -1.84. The van der Waals surface area contributed by atoms with Gasteiger partial charge in [0.1, 0.15) is 0 Å². The molecule has 0 aromatic heterocycles. The molecule has 0 aliphatic carbocycles. The fourth-order valence-corrected chi connectivity index (χ4v) is 0.900. The van der Waals surface area contributed by atoms with Crippen LogP contribution in [0.25, 0.3) is 0 Å². The molecule has 0 saturated heterocycles. The van der Waals surface area contributed by atoms with Gasteiger partial charge in [0.2, 0.25) is 6.41 Å². The molecule has 0 atom stereocenters. The lowest BCUT2D eigenvalue weighted by atomic mass is 10.2. The summed E-state index contributed by atoms with van der Waals surface area (Å²) in [5.41, 5.74) is 0.878. The van der Waals surface area contributed by atoms with Gasteiger partial charge in [-0.3, -0.25) is 4.79 Å². The minimum Gasteiger partial charge on any atom is -0.478 e. The fourth-order valence-electron chi connectivity index (χ4n) is 0.900. The van der Waals surface area contributed by atoms with Gasteiger partial charge in [-0.25, -0.2) is 4.79 Å². The Labute approximate surface area is 75.4 Å². The lowest BCUT2D eigenvalue weighted by molar-refractivity contribution is -0.107. The molecule has 0 unspecified atom stereocenters. The second kappa shape index (κ2) is 3.71. The summed E-state index contributed by atoms with van der Waals surface area (Å²) in [6.45, 7) is 0. The van der Waals surface area contributed by atoms with Crippen LogP contribution >= 0.6 is 0 Å². The Morgan fingerprint density at radius 3 is 2.31 bits per heavy atom. The first-order valence-corrected chi connectivity index (χ1v) is 3.66. The molecule has 4 nitrogen and oxygen atoms in total. The third kappa shape index (κ3) is 2.05. The molecule has 1 N–H and O–H groups in total. The Morgan fingerprint density at radius 1 is 1.38 bits per heavy atom. The van der Waals surface area contributed by atoms with E-state index in [4.69, 9.17) is 5.11 Å². The van der Waals surface area contributed by atoms with Gasteiger partial charge in [0.05, 0.1) is 5.56 Å².